The second-order valence-corrected chi connectivity index (χ2v) is 3.70. The molecule has 0 rings (SSSR count). The van der Waals surface area contributed by atoms with Crippen LogP contribution < -0.4 is 0 Å². The smallest absolute Gasteiger partial charge is 0.328 e. The van der Waals surface area contributed by atoms with Crippen molar-refractivity contribution in [3.8, 4) is 0 Å². The molecule has 0 aromatic carbocycles. The third kappa shape index (κ3) is 7.81. The lowest BCUT2D eigenvalue weighted by atomic mass is 10.3. The van der Waals surface area contributed by atoms with E-state index in [4.69, 9.17) is 5.11 Å². The third-order valence-electron chi connectivity index (χ3n) is 1.08. The SMILES string of the molecule is CSCCC(S)C=CC(=O)O. The Morgan fingerprint density at radius 3 is 2.91 bits per heavy atom. The van der Waals surface area contributed by atoms with Crippen LogP contribution in [0.4, 0.5) is 0 Å². The maximum Gasteiger partial charge on any atom is 0.328 e. The molecule has 0 spiro atoms. The third-order valence-corrected chi connectivity index (χ3v) is 2.15. The molecule has 1 atom stereocenters. The van der Waals surface area contributed by atoms with Gasteiger partial charge in [0.1, 0.15) is 0 Å². The monoisotopic (exact) mass is 192 g/mol. The first-order valence-electron chi connectivity index (χ1n) is 3.25. The molecule has 0 fully saturated rings. The van der Waals surface area contributed by atoms with Gasteiger partial charge in [0.2, 0.25) is 0 Å². The van der Waals surface area contributed by atoms with E-state index in [2.05, 4.69) is 12.6 Å². The van der Waals surface area contributed by atoms with Gasteiger partial charge in [-0.2, -0.15) is 24.4 Å². The molecule has 4 heteroatoms. The van der Waals surface area contributed by atoms with Crippen molar-refractivity contribution in [1.82, 2.24) is 0 Å². The van der Waals surface area contributed by atoms with E-state index in [1.807, 2.05) is 6.26 Å². The predicted molar refractivity (Wildman–Crippen MR) is 52.5 cm³/mol. The van der Waals surface area contributed by atoms with Crippen LogP contribution in [0.15, 0.2) is 12.2 Å². The van der Waals surface area contributed by atoms with Crippen LogP contribution >= 0.6 is 24.4 Å². The minimum Gasteiger partial charge on any atom is -0.478 e. The van der Waals surface area contributed by atoms with Crippen molar-refractivity contribution in [1.29, 1.82) is 0 Å². The summed E-state index contributed by atoms with van der Waals surface area (Å²) in [6.07, 6.45) is 5.66. The normalized spacial score (nSPS) is 13.6. The average Bonchev–Trinajstić information content (AvgIpc) is 1.97. The van der Waals surface area contributed by atoms with Crippen LogP contribution in [0.5, 0.6) is 0 Å². The number of hydrogen-bond acceptors (Lipinski definition) is 3. The molecule has 0 bridgehead atoms. The van der Waals surface area contributed by atoms with Crippen molar-refractivity contribution < 1.29 is 9.90 Å². The van der Waals surface area contributed by atoms with Gasteiger partial charge >= 0.3 is 5.97 Å². The number of hydrogen-bond donors (Lipinski definition) is 2. The minimum absolute atomic E-state index is 0.0681. The molecule has 0 heterocycles. The predicted octanol–water partition coefficient (Wildman–Crippen LogP) is 1.68. The van der Waals surface area contributed by atoms with Gasteiger partial charge in [0, 0.05) is 11.3 Å². The Bertz CT molecular complexity index is 145. The molecule has 0 saturated heterocycles. The molecule has 1 unspecified atom stereocenters. The van der Waals surface area contributed by atoms with Gasteiger partial charge in [0.05, 0.1) is 0 Å². The Morgan fingerprint density at radius 1 is 1.82 bits per heavy atom. The van der Waals surface area contributed by atoms with Gasteiger partial charge in [0.15, 0.2) is 0 Å². The van der Waals surface area contributed by atoms with Crippen LogP contribution in [0.3, 0.4) is 0 Å². The highest BCUT2D eigenvalue weighted by Crippen LogP contribution is 2.07. The molecular formula is C7H12O2S2. The van der Waals surface area contributed by atoms with Crippen molar-refractivity contribution in [3.63, 3.8) is 0 Å². The summed E-state index contributed by atoms with van der Waals surface area (Å²) < 4.78 is 0. The lowest BCUT2D eigenvalue weighted by molar-refractivity contribution is -0.131. The second-order valence-electron chi connectivity index (χ2n) is 2.05. The quantitative estimate of drug-likeness (QED) is 0.514. The molecule has 64 valence electrons. The number of rotatable bonds is 5. The summed E-state index contributed by atoms with van der Waals surface area (Å²) in [6.45, 7) is 0. The molecule has 2 nitrogen and oxygen atoms in total. The van der Waals surface area contributed by atoms with Gasteiger partial charge in [-0.15, -0.1) is 0 Å². The van der Waals surface area contributed by atoms with E-state index in [0.29, 0.717) is 0 Å². The Labute approximate surface area is 76.5 Å². The largest absolute Gasteiger partial charge is 0.478 e. The molecule has 0 aliphatic rings. The van der Waals surface area contributed by atoms with Gasteiger partial charge in [-0.3, -0.25) is 0 Å². The first kappa shape index (κ1) is 10.9. The molecule has 0 amide bonds. The van der Waals surface area contributed by atoms with E-state index in [0.717, 1.165) is 18.2 Å². The van der Waals surface area contributed by atoms with Crippen LogP contribution in [0.2, 0.25) is 0 Å². The Balaban J connectivity index is 3.50. The van der Waals surface area contributed by atoms with Crippen LogP contribution in [-0.2, 0) is 4.79 Å². The Morgan fingerprint density at radius 2 is 2.45 bits per heavy atom. The second kappa shape index (κ2) is 6.61. The van der Waals surface area contributed by atoms with Crippen molar-refractivity contribution >= 4 is 30.4 Å². The summed E-state index contributed by atoms with van der Waals surface area (Å²) in [5.41, 5.74) is 0. The van der Waals surface area contributed by atoms with E-state index in [1.165, 1.54) is 0 Å². The maximum atomic E-state index is 10.1. The zero-order valence-corrected chi connectivity index (χ0v) is 8.07. The summed E-state index contributed by atoms with van der Waals surface area (Å²) in [7, 11) is 0. The number of carboxylic acid groups (broad SMARTS) is 1. The van der Waals surface area contributed by atoms with Crippen LogP contribution in [0.25, 0.3) is 0 Å². The summed E-state index contributed by atoms with van der Waals surface area (Å²) in [5.74, 6) is 0.103. The Kier molecular flexibility index (Phi) is 6.56. The highest BCUT2D eigenvalue weighted by molar-refractivity contribution is 7.98. The van der Waals surface area contributed by atoms with Gasteiger partial charge in [-0.1, -0.05) is 6.08 Å². The molecule has 0 aliphatic carbocycles. The molecule has 0 aliphatic heterocycles. The number of carbonyl (C=O) groups is 1. The highest BCUT2D eigenvalue weighted by Gasteiger charge is 1.97. The van der Waals surface area contributed by atoms with Crippen molar-refractivity contribution in [2.75, 3.05) is 12.0 Å². The molecule has 11 heavy (non-hydrogen) atoms. The summed E-state index contributed by atoms with van der Waals surface area (Å²) in [5, 5.41) is 8.33. The zero-order valence-electron chi connectivity index (χ0n) is 6.36. The van der Waals surface area contributed by atoms with E-state index < -0.39 is 5.97 Å². The van der Waals surface area contributed by atoms with Crippen LogP contribution in [-0.4, -0.2) is 28.3 Å². The molecule has 1 N–H and O–H groups in total. The van der Waals surface area contributed by atoms with E-state index in [-0.39, 0.29) is 5.25 Å². The van der Waals surface area contributed by atoms with Crippen molar-refractivity contribution in [3.05, 3.63) is 12.2 Å². The molecule has 0 aromatic heterocycles. The number of thiol groups is 1. The number of aliphatic carboxylic acids is 1. The van der Waals surface area contributed by atoms with Crippen molar-refractivity contribution in [2.45, 2.75) is 11.7 Å². The Hall–Kier alpha value is -0.0900. The fourth-order valence-corrected chi connectivity index (χ4v) is 1.41. The van der Waals surface area contributed by atoms with Crippen LogP contribution in [0.1, 0.15) is 6.42 Å². The highest BCUT2D eigenvalue weighted by atomic mass is 32.2. The van der Waals surface area contributed by atoms with Gasteiger partial charge in [-0.05, 0) is 18.4 Å². The summed E-state index contributed by atoms with van der Waals surface area (Å²) in [4.78, 5) is 10.1. The molecular weight excluding hydrogens is 180 g/mol. The average molecular weight is 192 g/mol. The molecule has 0 radical (unpaired) electrons. The fraction of sp³-hybridized carbons (Fsp3) is 0.571. The van der Waals surface area contributed by atoms with E-state index >= 15 is 0 Å². The van der Waals surface area contributed by atoms with E-state index in [1.54, 1.807) is 17.8 Å². The number of thioether (sulfide) groups is 1. The standard InChI is InChI=1S/C7H12O2S2/c1-11-5-4-6(10)2-3-7(8)9/h2-3,6,10H,4-5H2,1H3,(H,8,9). The first-order chi connectivity index (χ1) is 5.16. The summed E-state index contributed by atoms with van der Waals surface area (Å²) in [6, 6.07) is 0. The topological polar surface area (TPSA) is 37.3 Å². The van der Waals surface area contributed by atoms with Gasteiger partial charge in [-0.25, -0.2) is 4.79 Å². The molecule has 0 aromatic rings. The zero-order chi connectivity index (χ0) is 8.69. The lowest BCUT2D eigenvalue weighted by Gasteiger charge is -2.01. The number of carboxylic acids is 1. The van der Waals surface area contributed by atoms with Gasteiger partial charge in [0.25, 0.3) is 0 Å². The van der Waals surface area contributed by atoms with Crippen LogP contribution in [0, 0.1) is 0 Å². The first-order valence-corrected chi connectivity index (χ1v) is 5.16. The minimum atomic E-state index is -0.909. The fourth-order valence-electron chi connectivity index (χ4n) is 0.528. The maximum absolute atomic E-state index is 10.1. The molecule has 0 saturated carbocycles. The van der Waals surface area contributed by atoms with Gasteiger partial charge < -0.3 is 5.11 Å². The van der Waals surface area contributed by atoms with Crippen molar-refractivity contribution in [2.24, 2.45) is 0 Å². The van der Waals surface area contributed by atoms with E-state index in [9.17, 15) is 4.79 Å². The lowest BCUT2D eigenvalue weighted by Crippen LogP contribution is -1.97. The summed E-state index contributed by atoms with van der Waals surface area (Å²) >= 11 is 5.91.